The average molecular weight is 203 g/mol. The van der Waals surface area contributed by atoms with Crippen molar-refractivity contribution in [3.05, 3.63) is 0 Å². The lowest BCUT2D eigenvalue weighted by Gasteiger charge is -2.23. The molecule has 0 spiro atoms. The Kier molecular flexibility index (Phi) is 7.42. The van der Waals surface area contributed by atoms with Crippen molar-refractivity contribution < 1.29 is 14.6 Å². The third-order valence-corrected chi connectivity index (χ3v) is 2.22. The Morgan fingerprint density at radius 1 is 1.57 bits per heavy atom. The van der Waals surface area contributed by atoms with Gasteiger partial charge >= 0.3 is 5.97 Å². The molecule has 0 heterocycles. The molecule has 0 aromatic carbocycles. The van der Waals surface area contributed by atoms with Crippen LogP contribution in [0.4, 0.5) is 0 Å². The Hall–Kier alpha value is -0.610. The molecule has 1 N–H and O–H groups in total. The Morgan fingerprint density at radius 3 is 2.71 bits per heavy atom. The number of hydrogen-bond acceptors (Lipinski definition) is 3. The molecule has 0 aliphatic heterocycles. The molecule has 0 aliphatic rings. The van der Waals surface area contributed by atoms with E-state index in [2.05, 4.69) is 11.8 Å². The molecule has 0 saturated carbocycles. The van der Waals surface area contributed by atoms with E-state index in [9.17, 15) is 4.79 Å². The molecule has 4 nitrogen and oxygen atoms in total. The summed E-state index contributed by atoms with van der Waals surface area (Å²) in [5.74, 6) is -0.726. The normalized spacial score (nSPS) is 13.1. The molecule has 0 saturated heterocycles. The highest BCUT2D eigenvalue weighted by Crippen LogP contribution is 1.99. The van der Waals surface area contributed by atoms with Crippen LogP contribution in [0.3, 0.4) is 0 Å². The quantitative estimate of drug-likeness (QED) is 0.644. The second kappa shape index (κ2) is 7.76. The minimum atomic E-state index is -0.726. The van der Waals surface area contributed by atoms with E-state index < -0.39 is 5.97 Å². The highest BCUT2D eigenvalue weighted by molar-refractivity contribution is 5.66. The molecule has 84 valence electrons. The zero-order valence-corrected chi connectivity index (χ0v) is 9.32. The van der Waals surface area contributed by atoms with Crippen LogP contribution in [0.1, 0.15) is 26.7 Å². The molecular weight excluding hydrogens is 182 g/mol. The van der Waals surface area contributed by atoms with Crippen LogP contribution in [-0.2, 0) is 9.53 Å². The third-order valence-electron chi connectivity index (χ3n) is 2.22. The zero-order chi connectivity index (χ0) is 11.0. The van der Waals surface area contributed by atoms with Crippen LogP contribution < -0.4 is 0 Å². The van der Waals surface area contributed by atoms with Gasteiger partial charge in [-0.15, -0.1) is 0 Å². The van der Waals surface area contributed by atoms with Crippen molar-refractivity contribution in [2.75, 3.05) is 26.8 Å². The lowest BCUT2D eigenvalue weighted by Crippen LogP contribution is -2.34. The summed E-state index contributed by atoms with van der Waals surface area (Å²) in [5.41, 5.74) is 0. The van der Waals surface area contributed by atoms with Gasteiger partial charge in [0, 0.05) is 19.1 Å². The smallest absolute Gasteiger partial charge is 0.303 e. The Morgan fingerprint density at radius 2 is 2.21 bits per heavy atom. The Bertz CT molecular complexity index is 161. The van der Waals surface area contributed by atoms with E-state index in [-0.39, 0.29) is 6.42 Å². The molecule has 0 radical (unpaired) electrons. The average Bonchev–Trinajstić information content (AvgIpc) is 2.13. The first-order valence-corrected chi connectivity index (χ1v) is 5.07. The molecule has 0 bridgehead atoms. The van der Waals surface area contributed by atoms with Gasteiger partial charge in [0.15, 0.2) is 0 Å². The van der Waals surface area contributed by atoms with Crippen LogP contribution in [0.5, 0.6) is 0 Å². The first-order chi connectivity index (χ1) is 6.57. The van der Waals surface area contributed by atoms with Gasteiger partial charge in [0.1, 0.15) is 0 Å². The van der Waals surface area contributed by atoms with Crippen molar-refractivity contribution >= 4 is 5.97 Å². The van der Waals surface area contributed by atoms with Crippen molar-refractivity contribution in [2.24, 2.45) is 0 Å². The van der Waals surface area contributed by atoms with Gasteiger partial charge in [0.05, 0.1) is 6.61 Å². The number of carboxylic acids is 1. The fourth-order valence-electron chi connectivity index (χ4n) is 1.12. The van der Waals surface area contributed by atoms with Gasteiger partial charge in [-0.3, -0.25) is 4.79 Å². The maximum absolute atomic E-state index is 10.3. The molecule has 1 atom stereocenters. The summed E-state index contributed by atoms with van der Waals surface area (Å²) in [4.78, 5) is 12.4. The number of likely N-dealkylation sites (N-methyl/N-ethyl adjacent to an activating group) is 1. The second-order valence-electron chi connectivity index (χ2n) is 3.49. The number of carboxylic acid groups (broad SMARTS) is 1. The van der Waals surface area contributed by atoms with Gasteiger partial charge in [0.2, 0.25) is 0 Å². The molecule has 4 heteroatoms. The number of nitrogens with zero attached hydrogens (tertiary/aromatic N) is 1. The minimum absolute atomic E-state index is 0.242. The van der Waals surface area contributed by atoms with E-state index in [0.29, 0.717) is 19.1 Å². The fourth-order valence-corrected chi connectivity index (χ4v) is 1.12. The molecule has 0 aromatic heterocycles. The Balaban J connectivity index is 3.50. The van der Waals surface area contributed by atoms with Crippen LogP contribution in [0.15, 0.2) is 0 Å². The van der Waals surface area contributed by atoms with Crippen molar-refractivity contribution in [1.29, 1.82) is 0 Å². The zero-order valence-electron chi connectivity index (χ0n) is 9.32. The highest BCUT2D eigenvalue weighted by Gasteiger charge is 2.08. The SMILES string of the molecule is CCOCC(C)N(C)CCCC(=O)O. The predicted molar refractivity (Wildman–Crippen MR) is 55.5 cm³/mol. The largest absolute Gasteiger partial charge is 0.481 e. The minimum Gasteiger partial charge on any atom is -0.481 e. The molecule has 0 fully saturated rings. The number of rotatable bonds is 8. The number of ether oxygens (including phenoxy) is 1. The van der Waals surface area contributed by atoms with Crippen molar-refractivity contribution in [2.45, 2.75) is 32.7 Å². The van der Waals surface area contributed by atoms with Crippen molar-refractivity contribution in [1.82, 2.24) is 4.90 Å². The summed E-state index contributed by atoms with van der Waals surface area (Å²) in [6.07, 6.45) is 0.938. The summed E-state index contributed by atoms with van der Waals surface area (Å²) < 4.78 is 5.29. The number of hydrogen-bond donors (Lipinski definition) is 1. The molecule has 0 aliphatic carbocycles. The van der Waals surface area contributed by atoms with E-state index in [1.165, 1.54) is 0 Å². The number of carbonyl (C=O) groups is 1. The van der Waals surface area contributed by atoms with Crippen LogP contribution >= 0.6 is 0 Å². The van der Waals surface area contributed by atoms with E-state index in [4.69, 9.17) is 9.84 Å². The summed E-state index contributed by atoms with van der Waals surface area (Å²) in [7, 11) is 1.99. The van der Waals surface area contributed by atoms with E-state index in [0.717, 1.165) is 13.2 Å². The van der Waals surface area contributed by atoms with Gasteiger partial charge in [-0.25, -0.2) is 0 Å². The molecular formula is C10H21NO3. The predicted octanol–water partition coefficient (Wildman–Crippen LogP) is 1.21. The molecule has 1 unspecified atom stereocenters. The molecule has 0 amide bonds. The first-order valence-electron chi connectivity index (χ1n) is 5.07. The standard InChI is InChI=1S/C10H21NO3/c1-4-14-8-9(2)11(3)7-5-6-10(12)13/h9H,4-8H2,1-3H3,(H,12,13). The fraction of sp³-hybridized carbons (Fsp3) is 0.900. The Labute approximate surface area is 85.9 Å². The van der Waals surface area contributed by atoms with Gasteiger partial charge in [-0.05, 0) is 33.9 Å². The van der Waals surface area contributed by atoms with Crippen molar-refractivity contribution in [3.63, 3.8) is 0 Å². The van der Waals surface area contributed by atoms with Crippen LogP contribution in [0, 0.1) is 0 Å². The van der Waals surface area contributed by atoms with Crippen LogP contribution in [-0.4, -0.2) is 48.8 Å². The molecule has 0 aromatic rings. The van der Waals surface area contributed by atoms with Crippen LogP contribution in [0.2, 0.25) is 0 Å². The number of aliphatic carboxylic acids is 1. The maximum Gasteiger partial charge on any atom is 0.303 e. The van der Waals surface area contributed by atoms with Crippen molar-refractivity contribution in [3.8, 4) is 0 Å². The molecule has 0 rings (SSSR count). The maximum atomic E-state index is 10.3. The lowest BCUT2D eigenvalue weighted by molar-refractivity contribution is -0.137. The lowest BCUT2D eigenvalue weighted by atomic mass is 10.2. The van der Waals surface area contributed by atoms with Gasteiger partial charge < -0.3 is 14.7 Å². The molecule has 14 heavy (non-hydrogen) atoms. The van der Waals surface area contributed by atoms with E-state index in [1.54, 1.807) is 0 Å². The third kappa shape index (κ3) is 6.86. The van der Waals surface area contributed by atoms with Gasteiger partial charge in [-0.2, -0.15) is 0 Å². The first kappa shape index (κ1) is 13.4. The highest BCUT2D eigenvalue weighted by atomic mass is 16.5. The van der Waals surface area contributed by atoms with Crippen LogP contribution in [0.25, 0.3) is 0 Å². The summed E-state index contributed by atoms with van der Waals surface area (Å²) >= 11 is 0. The summed E-state index contributed by atoms with van der Waals surface area (Å²) in [6.45, 7) is 6.29. The van der Waals surface area contributed by atoms with Gasteiger partial charge in [-0.1, -0.05) is 0 Å². The topological polar surface area (TPSA) is 49.8 Å². The second-order valence-corrected chi connectivity index (χ2v) is 3.49. The summed E-state index contributed by atoms with van der Waals surface area (Å²) in [6, 6.07) is 0.351. The van der Waals surface area contributed by atoms with E-state index >= 15 is 0 Å². The van der Waals surface area contributed by atoms with Gasteiger partial charge in [0.25, 0.3) is 0 Å². The van der Waals surface area contributed by atoms with E-state index in [1.807, 2.05) is 14.0 Å². The monoisotopic (exact) mass is 203 g/mol. The summed E-state index contributed by atoms with van der Waals surface area (Å²) in [5, 5.41) is 8.46.